The number of hydrogen-bond donors (Lipinski definition) is 1. The molecule has 1 saturated heterocycles. The van der Waals surface area contributed by atoms with Crippen LogP contribution in [0.5, 0.6) is 0 Å². The third-order valence-electron chi connectivity index (χ3n) is 5.41. The molecule has 1 N–H and O–H groups in total. The molecule has 1 fully saturated rings. The van der Waals surface area contributed by atoms with Crippen molar-refractivity contribution >= 4 is 44.2 Å². The third-order valence-corrected chi connectivity index (χ3v) is 6.50. The Kier molecular flexibility index (Phi) is 5.73. The van der Waals surface area contributed by atoms with Crippen molar-refractivity contribution in [2.75, 3.05) is 51.9 Å². The average molecular weight is 453 g/mol. The summed E-state index contributed by atoms with van der Waals surface area (Å²) in [5, 5.41) is 8.17. The van der Waals surface area contributed by atoms with E-state index in [0.29, 0.717) is 25.6 Å². The summed E-state index contributed by atoms with van der Waals surface area (Å²) in [5.74, 6) is 1.52. The van der Waals surface area contributed by atoms with Crippen molar-refractivity contribution in [1.29, 1.82) is 0 Å². The number of morpholine rings is 1. The summed E-state index contributed by atoms with van der Waals surface area (Å²) in [5.41, 5.74) is 2.76. The molecule has 1 aliphatic rings. The number of thiophene rings is 1. The van der Waals surface area contributed by atoms with Gasteiger partial charge in [0.15, 0.2) is 11.6 Å². The number of nitrogens with one attached hydrogen (secondary N) is 1. The smallest absolute Gasteiger partial charge is 0.248 e. The average Bonchev–Trinajstić information content (AvgIpc) is 3.45. The Morgan fingerprint density at radius 2 is 2.12 bits per heavy atom. The zero-order chi connectivity index (χ0) is 22.1. The largest absolute Gasteiger partial charge is 0.378 e. The van der Waals surface area contributed by atoms with Crippen LogP contribution in [-0.4, -0.2) is 78.0 Å². The zero-order valence-electron chi connectivity index (χ0n) is 18.0. The van der Waals surface area contributed by atoms with Crippen molar-refractivity contribution in [2.24, 2.45) is 0 Å². The van der Waals surface area contributed by atoms with E-state index in [-0.39, 0.29) is 12.5 Å². The van der Waals surface area contributed by atoms with Crippen molar-refractivity contribution in [3.63, 3.8) is 0 Å². The van der Waals surface area contributed by atoms with Gasteiger partial charge in [-0.05, 0) is 12.1 Å². The fourth-order valence-electron chi connectivity index (χ4n) is 3.68. The van der Waals surface area contributed by atoms with Crippen LogP contribution in [0.15, 0.2) is 30.5 Å². The summed E-state index contributed by atoms with van der Waals surface area (Å²) in [6.45, 7) is 3.32. The molecule has 0 radical (unpaired) electrons. The fraction of sp³-hybridized carbons (Fsp3) is 0.364. The summed E-state index contributed by atoms with van der Waals surface area (Å²) in [4.78, 5) is 26.5. The SMILES string of the molecule is CN(C)C(=O)COCc1cc2nc(-c3cccc4[nH]ncc34)nc(N3CCOCC3)c2s1. The molecule has 4 aromatic rings. The zero-order valence-corrected chi connectivity index (χ0v) is 18.8. The predicted octanol–water partition coefficient (Wildman–Crippen LogP) is 2.68. The van der Waals surface area contributed by atoms with E-state index >= 15 is 0 Å². The van der Waals surface area contributed by atoms with Crippen molar-refractivity contribution in [3.8, 4) is 11.4 Å². The van der Waals surface area contributed by atoms with Crippen LogP contribution in [-0.2, 0) is 20.9 Å². The number of hydrogen-bond acceptors (Lipinski definition) is 8. The number of amides is 1. The van der Waals surface area contributed by atoms with Crippen molar-refractivity contribution in [1.82, 2.24) is 25.1 Å². The number of carbonyl (C=O) groups is 1. The molecule has 10 heteroatoms. The van der Waals surface area contributed by atoms with Gasteiger partial charge in [0.05, 0.1) is 41.8 Å². The minimum absolute atomic E-state index is 0.0526. The number of fused-ring (bicyclic) bond motifs is 2. The van der Waals surface area contributed by atoms with Gasteiger partial charge in [-0.3, -0.25) is 9.89 Å². The number of H-pyrrole nitrogens is 1. The first kappa shape index (κ1) is 20.8. The molecule has 32 heavy (non-hydrogen) atoms. The van der Waals surface area contributed by atoms with Crippen molar-refractivity contribution in [3.05, 3.63) is 35.3 Å². The van der Waals surface area contributed by atoms with Crippen LogP contribution in [0, 0.1) is 0 Å². The summed E-state index contributed by atoms with van der Waals surface area (Å²) in [6, 6.07) is 8.02. The Bertz CT molecular complexity index is 1260. The Labute approximate surface area is 189 Å². The second-order valence-electron chi connectivity index (χ2n) is 7.82. The first-order valence-electron chi connectivity index (χ1n) is 10.4. The third kappa shape index (κ3) is 4.04. The van der Waals surface area contributed by atoms with Gasteiger partial charge in [-0.2, -0.15) is 5.10 Å². The molecule has 1 aliphatic heterocycles. The number of anilines is 1. The Hall–Kier alpha value is -3.08. The van der Waals surface area contributed by atoms with Crippen LogP contribution in [0.1, 0.15) is 4.88 Å². The van der Waals surface area contributed by atoms with E-state index in [4.69, 9.17) is 19.4 Å². The summed E-state index contributed by atoms with van der Waals surface area (Å²) < 4.78 is 12.2. The first-order chi connectivity index (χ1) is 15.6. The molecular weight excluding hydrogens is 428 g/mol. The topological polar surface area (TPSA) is 96.5 Å². The van der Waals surface area contributed by atoms with Gasteiger partial charge in [0.1, 0.15) is 6.61 Å². The quantitative estimate of drug-likeness (QED) is 0.480. The molecule has 4 heterocycles. The molecule has 5 rings (SSSR count). The maximum absolute atomic E-state index is 11.8. The molecule has 0 aliphatic carbocycles. The van der Waals surface area contributed by atoms with E-state index in [2.05, 4.69) is 15.1 Å². The number of aromatic nitrogens is 4. The van der Waals surface area contributed by atoms with Gasteiger partial charge in [-0.1, -0.05) is 12.1 Å². The van der Waals surface area contributed by atoms with Crippen LogP contribution in [0.3, 0.4) is 0 Å². The number of rotatable bonds is 6. The molecule has 0 unspecified atom stereocenters. The number of likely N-dealkylation sites (N-methyl/N-ethyl adjacent to an activating group) is 1. The minimum Gasteiger partial charge on any atom is -0.378 e. The predicted molar refractivity (Wildman–Crippen MR) is 124 cm³/mol. The van der Waals surface area contributed by atoms with Crippen LogP contribution >= 0.6 is 11.3 Å². The lowest BCUT2D eigenvalue weighted by molar-refractivity contribution is -0.133. The monoisotopic (exact) mass is 452 g/mol. The van der Waals surface area contributed by atoms with Gasteiger partial charge in [-0.15, -0.1) is 11.3 Å². The lowest BCUT2D eigenvalue weighted by Crippen LogP contribution is -2.36. The second-order valence-corrected chi connectivity index (χ2v) is 8.95. The van der Waals surface area contributed by atoms with Gasteiger partial charge in [0.25, 0.3) is 0 Å². The molecular formula is C22H24N6O3S. The van der Waals surface area contributed by atoms with Gasteiger partial charge in [0.2, 0.25) is 5.91 Å². The van der Waals surface area contributed by atoms with E-state index in [9.17, 15) is 4.79 Å². The number of aromatic amines is 1. The van der Waals surface area contributed by atoms with Crippen LogP contribution < -0.4 is 4.90 Å². The molecule has 1 aromatic carbocycles. The maximum Gasteiger partial charge on any atom is 0.248 e. The highest BCUT2D eigenvalue weighted by Crippen LogP contribution is 2.36. The highest BCUT2D eigenvalue weighted by molar-refractivity contribution is 7.19. The molecule has 9 nitrogen and oxygen atoms in total. The standard InChI is InChI=1S/C22H24N6O3S/c1-27(2)19(29)13-31-12-14-10-18-20(32-14)22(28-6-8-30-9-7-28)25-21(24-18)15-4-3-5-17-16(15)11-23-26-17/h3-5,10-11H,6-9,12-13H2,1-2H3,(H,23,26). The minimum atomic E-state index is -0.0598. The Morgan fingerprint density at radius 3 is 2.94 bits per heavy atom. The second kappa shape index (κ2) is 8.81. The maximum atomic E-state index is 11.8. The van der Waals surface area contributed by atoms with Crippen LogP contribution in [0.25, 0.3) is 32.5 Å². The van der Waals surface area contributed by atoms with Gasteiger partial charge < -0.3 is 19.3 Å². The number of nitrogens with zero attached hydrogens (tertiary/aromatic N) is 5. The molecule has 0 spiro atoms. The summed E-state index contributed by atoms with van der Waals surface area (Å²) in [7, 11) is 3.44. The summed E-state index contributed by atoms with van der Waals surface area (Å²) >= 11 is 1.61. The van der Waals surface area contributed by atoms with E-state index < -0.39 is 0 Å². The highest BCUT2D eigenvalue weighted by Gasteiger charge is 2.21. The fourth-order valence-corrected chi connectivity index (χ4v) is 4.73. The van der Waals surface area contributed by atoms with Gasteiger partial charge in [-0.25, -0.2) is 9.97 Å². The number of ether oxygens (including phenoxy) is 2. The van der Waals surface area contributed by atoms with E-state index in [1.807, 2.05) is 24.3 Å². The number of carbonyl (C=O) groups excluding carboxylic acids is 1. The lowest BCUT2D eigenvalue weighted by atomic mass is 10.1. The molecule has 0 atom stereocenters. The van der Waals surface area contributed by atoms with E-state index in [1.165, 1.54) is 4.90 Å². The Morgan fingerprint density at radius 1 is 1.28 bits per heavy atom. The molecule has 166 valence electrons. The lowest BCUT2D eigenvalue weighted by Gasteiger charge is -2.28. The van der Waals surface area contributed by atoms with Crippen molar-refractivity contribution in [2.45, 2.75) is 6.61 Å². The van der Waals surface area contributed by atoms with Crippen LogP contribution in [0.2, 0.25) is 0 Å². The molecule has 3 aromatic heterocycles. The first-order valence-corrected chi connectivity index (χ1v) is 11.3. The molecule has 0 saturated carbocycles. The molecule has 1 amide bonds. The number of benzene rings is 1. The van der Waals surface area contributed by atoms with Crippen LogP contribution in [0.4, 0.5) is 5.82 Å². The van der Waals surface area contributed by atoms with E-state index in [1.54, 1.807) is 31.6 Å². The molecule has 0 bridgehead atoms. The normalized spacial score (nSPS) is 14.4. The van der Waals surface area contributed by atoms with Gasteiger partial charge >= 0.3 is 0 Å². The van der Waals surface area contributed by atoms with Gasteiger partial charge in [0, 0.05) is 43.0 Å². The summed E-state index contributed by atoms with van der Waals surface area (Å²) in [6.07, 6.45) is 1.81. The van der Waals surface area contributed by atoms with E-state index in [0.717, 1.165) is 50.5 Å². The van der Waals surface area contributed by atoms with Crippen molar-refractivity contribution < 1.29 is 14.3 Å². The highest BCUT2D eigenvalue weighted by atomic mass is 32.1. The Balaban J connectivity index is 1.54.